The van der Waals surface area contributed by atoms with E-state index in [1.807, 2.05) is 86.1 Å². The number of rotatable bonds is 5. The molecule has 0 aliphatic carbocycles. The lowest BCUT2D eigenvalue weighted by Gasteiger charge is -2.20. The van der Waals surface area contributed by atoms with Crippen LogP contribution in [0.5, 0.6) is 0 Å². The monoisotopic (exact) mass is 474 g/mol. The molecule has 0 saturated carbocycles. The van der Waals surface area contributed by atoms with Crippen LogP contribution in [0, 0.1) is 20.8 Å². The van der Waals surface area contributed by atoms with Gasteiger partial charge in [-0.05, 0) is 67.4 Å². The van der Waals surface area contributed by atoms with Gasteiger partial charge in [0.2, 0.25) is 0 Å². The topological polar surface area (TPSA) is 51.0 Å². The third kappa shape index (κ3) is 4.24. The van der Waals surface area contributed by atoms with Crippen molar-refractivity contribution < 1.29 is 4.79 Å². The van der Waals surface area contributed by atoms with Crippen LogP contribution in [0.4, 0.5) is 5.13 Å². The molecular formula is C26H23ClN4OS. The van der Waals surface area contributed by atoms with E-state index in [0.29, 0.717) is 28.8 Å². The Kier molecular flexibility index (Phi) is 5.64. The van der Waals surface area contributed by atoms with Crippen LogP contribution in [0.2, 0.25) is 5.02 Å². The number of anilines is 1. The van der Waals surface area contributed by atoms with Crippen LogP contribution in [0.15, 0.2) is 60.7 Å². The summed E-state index contributed by atoms with van der Waals surface area (Å²) in [7, 11) is 0. The van der Waals surface area contributed by atoms with Gasteiger partial charge in [-0.25, -0.2) is 4.98 Å². The van der Waals surface area contributed by atoms with Crippen molar-refractivity contribution in [1.29, 1.82) is 0 Å². The second kappa shape index (κ2) is 8.61. The molecule has 0 fully saturated rings. The molecule has 3 aromatic carbocycles. The zero-order valence-electron chi connectivity index (χ0n) is 18.7. The van der Waals surface area contributed by atoms with E-state index in [0.717, 1.165) is 37.9 Å². The number of nitrogens with zero attached hydrogens (tertiary/aromatic N) is 4. The average Bonchev–Trinajstić information content (AvgIpc) is 3.35. The van der Waals surface area contributed by atoms with E-state index in [-0.39, 0.29) is 5.91 Å². The van der Waals surface area contributed by atoms with Gasteiger partial charge in [-0.15, -0.1) is 0 Å². The van der Waals surface area contributed by atoms with Crippen LogP contribution in [-0.4, -0.2) is 27.2 Å². The second-order valence-corrected chi connectivity index (χ2v) is 9.68. The largest absolute Gasteiger partial charge is 0.282 e. The molecule has 166 valence electrons. The Labute approximate surface area is 201 Å². The van der Waals surface area contributed by atoms with Gasteiger partial charge in [0.15, 0.2) is 5.13 Å². The molecule has 5 rings (SSSR count). The lowest BCUT2D eigenvalue weighted by atomic mass is 10.1. The average molecular weight is 475 g/mol. The number of thiazole rings is 1. The minimum absolute atomic E-state index is 0.0786. The first-order valence-electron chi connectivity index (χ1n) is 10.8. The Balaban J connectivity index is 1.55. The molecule has 0 radical (unpaired) electrons. The normalized spacial score (nSPS) is 11.4. The number of carbonyl (C=O) groups excluding carboxylic acids is 1. The molecule has 0 saturated heterocycles. The molecule has 0 N–H and O–H groups in total. The zero-order valence-corrected chi connectivity index (χ0v) is 20.2. The van der Waals surface area contributed by atoms with Crippen molar-refractivity contribution >= 4 is 55.0 Å². The van der Waals surface area contributed by atoms with Crippen molar-refractivity contribution in [3.05, 3.63) is 88.2 Å². The smallest absolute Gasteiger partial charge is 0.260 e. The summed E-state index contributed by atoms with van der Waals surface area (Å²) in [5, 5.41) is 8.04. The highest BCUT2D eigenvalue weighted by Crippen LogP contribution is 2.34. The van der Waals surface area contributed by atoms with Gasteiger partial charge in [0.1, 0.15) is 0 Å². The van der Waals surface area contributed by atoms with E-state index < -0.39 is 0 Å². The summed E-state index contributed by atoms with van der Waals surface area (Å²) in [6.07, 6.45) is 0. The maximum absolute atomic E-state index is 13.8. The summed E-state index contributed by atoms with van der Waals surface area (Å²) >= 11 is 7.76. The summed E-state index contributed by atoms with van der Waals surface area (Å²) in [5.41, 5.74) is 4.54. The van der Waals surface area contributed by atoms with Crippen LogP contribution in [0.1, 0.15) is 27.3 Å². The maximum Gasteiger partial charge on any atom is 0.260 e. The third-order valence-electron chi connectivity index (χ3n) is 5.75. The van der Waals surface area contributed by atoms with Crippen LogP contribution < -0.4 is 4.90 Å². The van der Waals surface area contributed by atoms with Crippen molar-refractivity contribution in [2.45, 2.75) is 27.3 Å². The SMILES string of the molecule is Cc1cc(C)n(CCN(C(=O)c2ccc3ccccc3c2)c2nc3c(C)cc(Cl)cc3s2)n1. The first-order valence-corrected chi connectivity index (χ1v) is 12.0. The molecule has 0 unspecified atom stereocenters. The number of amides is 1. The Morgan fingerprint density at radius 1 is 1.03 bits per heavy atom. The predicted molar refractivity (Wildman–Crippen MR) is 137 cm³/mol. The summed E-state index contributed by atoms with van der Waals surface area (Å²) < 4.78 is 2.91. The second-order valence-electron chi connectivity index (χ2n) is 8.23. The molecule has 0 bridgehead atoms. The van der Waals surface area contributed by atoms with E-state index in [9.17, 15) is 4.79 Å². The van der Waals surface area contributed by atoms with Gasteiger partial charge in [0, 0.05) is 22.8 Å². The molecule has 0 spiro atoms. The molecule has 5 nitrogen and oxygen atoms in total. The Morgan fingerprint density at radius 2 is 1.82 bits per heavy atom. The van der Waals surface area contributed by atoms with E-state index >= 15 is 0 Å². The van der Waals surface area contributed by atoms with Gasteiger partial charge in [-0.1, -0.05) is 53.3 Å². The fourth-order valence-electron chi connectivity index (χ4n) is 4.12. The summed E-state index contributed by atoms with van der Waals surface area (Å²) in [4.78, 5) is 20.4. The molecule has 5 aromatic rings. The molecule has 0 aliphatic heterocycles. The number of halogens is 1. The summed E-state index contributed by atoms with van der Waals surface area (Å²) in [6, 6.07) is 19.7. The highest BCUT2D eigenvalue weighted by Gasteiger charge is 2.23. The van der Waals surface area contributed by atoms with Crippen molar-refractivity contribution in [3.63, 3.8) is 0 Å². The minimum atomic E-state index is -0.0786. The Hall–Kier alpha value is -3.22. The number of hydrogen-bond donors (Lipinski definition) is 0. The van der Waals surface area contributed by atoms with E-state index in [2.05, 4.69) is 5.10 Å². The van der Waals surface area contributed by atoms with Gasteiger partial charge < -0.3 is 0 Å². The maximum atomic E-state index is 13.8. The summed E-state index contributed by atoms with van der Waals surface area (Å²) in [6.45, 7) is 7.03. The standard InChI is InChI=1S/C26H23ClN4OS/c1-16-12-22(27)15-23-24(16)28-26(33-23)30(10-11-31-18(3)13-17(2)29-31)25(32)21-9-8-19-6-4-5-7-20(19)14-21/h4-9,12-15H,10-11H2,1-3H3. The molecule has 0 aliphatic rings. The molecule has 1 amide bonds. The van der Waals surface area contributed by atoms with Gasteiger partial charge in [-0.2, -0.15) is 5.10 Å². The number of hydrogen-bond acceptors (Lipinski definition) is 4. The number of aromatic nitrogens is 3. The molecule has 2 heterocycles. The minimum Gasteiger partial charge on any atom is -0.282 e. The van der Waals surface area contributed by atoms with Gasteiger partial charge in [0.25, 0.3) is 5.91 Å². The van der Waals surface area contributed by atoms with Crippen molar-refractivity contribution in [2.75, 3.05) is 11.4 Å². The van der Waals surface area contributed by atoms with Crippen LogP contribution >= 0.6 is 22.9 Å². The van der Waals surface area contributed by atoms with Crippen molar-refractivity contribution in [1.82, 2.24) is 14.8 Å². The fraction of sp³-hybridized carbons (Fsp3) is 0.192. The Morgan fingerprint density at radius 3 is 2.58 bits per heavy atom. The molecule has 0 atom stereocenters. The van der Waals surface area contributed by atoms with Gasteiger partial charge in [0.05, 0.1) is 22.5 Å². The van der Waals surface area contributed by atoms with E-state index in [1.165, 1.54) is 11.3 Å². The fourth-order valence-corrected chi connectivity index (χ4v) is 5.56. The van der Waals surface area contributed by atoms with Crippen LogP contribution in [-0.2, 0) is 6.54 Å². The van der Waals surface area contributed by atoms with Crippen LogP contribution in [0.3, 0.4) is 0 Å². The first-order chi connectivity index (χ1) is 15.9. The van der Waals surface area contributed by atoms with Crippen molar-refractivity contribution in [3.8, 4) is 0 Å². The lowest BCUT2D eigenvalue weighted by Crippen LogP contribution is -2.34. The lowest BCUT2D eigenvalue weighted by molar-refractivity contribution is 0.0986. The first kappa shape index (κ1) is 21.6. The summed E-state index contributed by atoms with van der Waals surface area (Å²) in [5.74, 6) is -0.0786. The molecule has 2 aromatic heterocycles. The Bertz CT molecular complexity index is 1500. The van der Waals surface area contributed by atoms with Gasteiger partial charge in [-0.3, -0.25) is 14.4 Å². The molecule has 7 heteroatoms. The molecular weight excluding hydrogens is 452 g/mol. The number of aryl methyl sites for hydroxylation is 3. The van der Waals surface area contributed by atoms with E-state index in [4.69, 9.17) is 16.6 Å². The highest BCUT2D eigenvalue weighted by molar-refractivity contribution is 7.22. The third-order valence-corrected chi connectivity index (χ3v) is 6.99. The highest BCUT2D eigenvalue weighted by atomic mass is 35.5. The predicted octanol–water partition coefficient (Wildman–Crippen LogP) is 6.57. The number of fused-ring (bicyclic) bond motifs is 2. The number of benzene rings is 3. The van der Waals surface area contributed by atoms with Crippen molar-refractivity contribution in [2.24, 2.45) is 0 Å². The van der Waals surface area contributed by atoms with E-state index in [1.54, 1.807) is 4.90 Å². The molecule has 33 heavy (non-hydrogen) atoms. The zero-order chi connectivity index (χ0) is 23.1. The quantitative estimate of drug-likeness (QED) is 0.289. The van der Waals surface area contributed by atoms with Crippen LogP contribution in [0.25, 0.3) is 21.0 Å². The number of carbonyl (C=O) groups is 1. The van der Waals surface area contributed by atoms with Gasteiger partial charge >= 0.3 is 0 Å².